The van der Waals surface area contributed by atoms with Crippen LogP contribution in [0.2, 0.25) is 0 Å². The highest BCUT2D eigenvalue weighted by Gasteiger charge is 2.21. The van der Waals surface area contributed by atoms with Gasteiger partial charge in [-0.2, -0.15) is 0 Å². The minimum Gasteiger partial charge on any atom is -0.340 e. The van der Waals surface area contributed by atoms with Crippen molar-refractivity contribution in [1.29, 1.82) is 0 Å². The van der Waals surface area contributed by atoms with E-state index in [9.17, 15) is 13.6 Å². The van der Waals surface area contributed by atoms with Crippen LogP contribution < -0.4 is 0 Å². The molecular formula is C18H26F2N2O. The molecule has 0 unspecified atom stereocenters. The van der Waals surface area contributed by atoms with Crippen molar-refractivity contribution in [3.05, 3.63) is 35.4 Å². The number of hydrogen-bond donors (Lipinski definition) is 0. The summed E-state index contributed by atoms with van der Waals surface area (Å²) in [5.74, 6) is -0.438. The van der Waals surface area contributed by atoms with Crippen LogP contribution >= 0.6 is 0 Å². The molecule has 1 aliphatic rings. The molecule has 1 amide bonds. The Labute approximate surface area is 137 Å². The molecule has 0 N–H and O–H groups in total. The fourth-order valence-corrected chi connectivity index (χ4v) is 2.90. The number of carbonyl (C=O) groups is 1. The zero-order valence-corrected chi connectivity index (χ0v) is 14.0. The van der Waals surface area contributed by atoms with Gasteiger partial charge in [-0.3, -0.25) is 9.69 Å². The van der Waals surface area contributed by atoms with Gasteiger partial charge in [0, 0.05) is 31.7 Å². The maximum Gasteiger partial charge on any atom is 0.227 e. The topological polar surface area (TPSA) is 23.6 Å². The molecule has 23 heavy (non-hydrogen) atoms. The smallest absolute Gasteiger partial charge is 0.227 e. The first kappa shape index (κ1) is 17.9. The van der Waals surface area contributed by atoms with Gasteiger partial charge in [-0.05, 0) is 43.5 Å². The zero-order valence-electron chi connectivity index (χ0n) is 14.0. The normalized spacial score (nSPS) is 16.1. The first-order valence-corrected chi connectivity index (χ1v) is 8.39. The van der Waals surface area contributed by atoms with Crippen LogP contribution in [0.4, 0.5) is 8.78 Å². The molecule has 0 bridgehead atoms. The number of amides is 1. The molecule has 1 aromatic carbocycles. The maximum absolute atomic E-state index is 13.6. The van der Waals surface area contributed by atoms with Crippen LogP contribution in [0.1, 0.15) is 32.3 Å². The van der Waals surface area contributed by atoms with Crippen LogP contribution in [-0.2, 0) is 11.2 Å². The summed E-state index contributed by atoms with van der Waals surface area (Å²) in [5.41, 5.74) is 0.134. The van der Waals surface area contributed by atoms with Gasteiger partial charge < -0.3 is 4.90 Å². The molecule has 2 rings (SSSR count). The predicted molar refractivity (Wildman–Crippen MR) is 87.2 cm³/mol. The van der Waals surface area contributed by atoms with Crippen LogP contribution in [-0.4, -0.2) is 48.4 Å². The largest absolute Gasteiger partial charge is 0.340 e. The van der Waals surface area contributed by atoms with E-state index in [0.717, 1.165) is 43.8 Å². The summed E-state index contributed by atoms with van der Waals surface area (Å²) in [6, 6.07) is 3.25. The van der Waals surface area contributed by atoms with E-state index in [4.69, 9.17) is 0 Å². The molecule has 0 aliphatic carbocycles. The monoisotopic (exact) mass is 324 g/mol. The summed E-state index contributed by atoms with van der Waals surface area (Å²) in [6.45, 7) is 8.56. The summed E-state index contributed by atoms with van der Waals surface area (Å²) in [6.07, 6.45) is 2.33. The summed E-state index contributed by atoms with van der Waals surface area (Å²) >= 11 is 0. The Morgan fingerprint density at radius 3 is 2.52 bits per heavy atom. The maximum atomic E-state index is 13.6. The van der Waals surface area contributed by atoms with Crippen molar-refractivity contribution < 1.29 is 13.6 Å². The van der Waals surface area contributed by atoms with Crippen LogP contribution in [0.15, 0.2) is 18.2 Å². The minimum absolute atomic E-state index is 0.0725. The Bertz CT molecular complexity index is 526. The number of carbonyl (C=O) groups excluding carboxylic acids is 1. The van der Waals surface area contributed by atoms with Crippen LogP contribution in [0.25, 0.3) is 0 Å². The lowest BCUT2D eigenvalue weighted by atomic mass is 10.1. The van der Waals surface area contributed by atoms with Crippen LogP contribution in [0, 0.1) is 17.6 Å². The molecule has 0 spiro atoms. The molecule has 0 saturated carbocycles. The van der Waals surface area contributed by atoms with E-state index in [0.29, 0.717) is 13.1 Å². The van der Waals surface area contributed by atoms with Crippen molar-refractivity contribution in [2.24, 2.45) is 5.92 Å². The summed E-state index contributed by atoms with van der Waals surface area (Å²) < 4.78 is 26.8. The van der Waals surface area contributed by atoms with E-state index in [2.05, 4.69) is 18.7 Å². The summed E-state index contributed by atoms with van der Waals surface area (Å²) in [4.78, 5) is 16.4. The van der Waals surface area contributed by atoms with Gasteiger partial charge in [-0.25, -0.2) is 8.78 Å². The van der Waals surface area contributed by atoms with Gasteiger partial charge in [0.25, 0.3) is 0 Å². The second-order valence-corrected chi connectivity index (χ2v) is 6.67. The minimum atomic E-state index is -0.521. The third-order valence-corrected chi connectivity index (χ3v) is 4.33. The van der Waals surface area contributed by atoms with Crippen molar-refractivity contribution in [3.63, 3.8) is 0 Å². The predicted octanol–water partition coefficient (Wildman–Crippen LogP) is 3.09. The summed E-state index contributed by atoms with van der Waals surface area (Å²) in [7, 11) is 0. The van der Waals surface area contributed by atoms with Crippen molar-refractivity contribution in [1.82, 2.24) is 9.80 Å². The van der Waals surface area contributed by atoms with Crippen molar-refractivity contribution in [3.8, 4) is 0 Å². The molecule has 1 heterocycles. The highest BCUT2D eigenvalue weighted by atomic mass is 19.1. The van der Waals surface area contributed by atoms with Gasteiger partial charge in [0.15, 0.2) is 0 Å². The molecule has 5 heteroatoms. The van der Waals surface area contributed by atoms with Crippen LogP contribution in [0.5, 0.6) is 0 Å². The Morgan fingerprint density at radius 1 is 1.17 bits per heavy atom. The van der Waals surface area contributed by atoms with Crippen molar-refractivity contribution in [2.75, 3.05) is 32.7 Å². The van der Waals surface area contributed by atoms with Gasteiger partial charge in [-0.15, -0.1) is 0 Å². The number of benzene rings is 1. The van der Waals surface area contributed by atoms with Crippen molar-refractivity contribution in [2.45, 2.75) is 33.1 Å². The zero-order chi connectivity index (χ0) is 16.8. The highest BCUT2D eigenvalue weighted by Crippen LogP contribution is 2.13. The van der Waals surface area contributed by atoms with E-state index in [1.807, 2.05) is 0 Å². The molecule has 1 saturated heterocycles. The number of rotatable bonds is 6. The quantitative estimate of drug-likeness (QED) is 0.803. The van der Waals surface area contributed by atoms with Gasteiger partial charge >= 0.3 is 0 Å². The molecule has 1 fully saturated rings. The third-order valence-electron chi connectivity index (χ3n) is 4.33. The van der Waals surface area contributed by atoms with Gasteiger partial charge in [0.1, 0.15) is 11.6 Å². The van der Waals surface area contributed by atoms with Crippen molar-refractivity contribution >= 4 is 5.91 Å². The van der Waals surface area contributed by atoms with Gasteiger partial charge in [0.2, 0.25) is 5.91 Å². The number of hydrogen-bond acceptors (Lipinski definition) is 2. The highest BCUT2D eigenvalue weighted by molar-refractivity contribution is 5.79. The molecule has 1 aliphatic heterocycles. The second-order valence-electron chi connectivity index (χ2n) is 6.67. The molecule has 0 atom stereocenters. The Kier molecular flexibility index (Phi) is 6.51. The number of nitrogens with zero attached hydrogens (tertiary/aromatic N) is 2. The first-order valence-electron chi connectivity index (χ1n) is 8.39. The van der Waals surface area contributed by atoms with E-state index in [-0.39, 0.29) is 17.9 Å². The molecular weight excluding hydrogens is 298 g/mol. The lowest BCUT2D eigenvalue weighted by Gasteiger charge is -2.35. The number of piperazine rings is 1. The lowest BCUT2D eigenvalue weighted by molar-refractivity contribution is -0.132. The third kappa shape index (κ3) is 5.57. The lowest BCUT2D eigenvalue weighted by Crippen LogP contribution is -2.49. The fourth-order valence-electron chi connectivity index (χ4n) is 2.90. The molecule has 1 aromatic rings. The van der Waals surface area contributed by atoms with E-state index in [1.54, 1.807) is 4.90 Å². The molecule has 0 radical (unpaired) electrons. The van der Waals surface area contributed by atoms with E-state index < -0.39 is 11.6 Å². The molecule has 0 aromatic heterocycles. The van der Waals surface area contributed by atoms with Crippen LogP contribution in [0.3, 0.4) is 0 Å². The van der Waals surface area contributed by atoms with Gasteiger partial charge in [-0.1, -0.05) is 13.8 Å². The molecule has 128 valence electrons. The standard InChI is InChI=1S/C18H26F2N2O/c1-14(2)4-3-7-21-8-10-22(11-9-21)18(23)13-15-12-16(19)5-6-17(15)20/h5-6,12,14H,3-4,7-11,13H2,1-2H3. The average Bonchev–Trinajstić information content (AvgIpc) is 2.51. The van der Waals surface area contributed by atoms with E-state index in [1.165, 1.54) is 12.8 Å². The average molecular weight is 324 g/mol. The fraction of sp³-hybridized carbons (Fsp3) is 0.611. The number of halogens is 2. The SMILES string of the molecule is CC(C)CCCN1CCN(C(=O)Cc2cc(F)ccc2F)CC1. The molecule has 3 nitrogen and oxygen atoms in total. The first-order chi connectivity index (χ1) is 11.0. The summed E-state index contributed by atoms with van der Waals surface area (Å²) in [5, 5.41) is 0. The Balaban J connectivity index is 1.78. The second kappa shape index (κ2) is 8.39. The Hall–Kier alpha value is -1.49. The van der Waals surface area contributed by atoms with E-state index >= 15 is 0 Å². The Morgan fingerprint density at radius 2 is 1.87 bits per heavy atom. The van der Waals surface area contributed by atoms with Gasteiger partial charge in [0.05, 0.1) is 6.42 Å².